The number of methoxy groups -OCH3 is 2. The van der Waals surface area contributed by atoms with Crippen LogP contribution in [0.2, 0.25) is 0 Å². The lowest BCUT2D eigenvalue weighted by Crippen LogP contribution is -2.34. The van der Waals surface area contributed by atoms with Crippen molar-refractivity contribution in [3.63, 3.8) is 0 Å². The number of carbonyl (C=O) groups is 2. The summed E-state index contributed by atoms with van der Waals surface area (Å²) in [6.45, 7) is 4.43. The Labute approximate surface area is 261 Å². The molecule has 0 atom stereocenters. The summed E-state index contributed by atoms with van der Waals surface area (Å²) in [4.78, 5) is 33.1. The lowest BCUT2D eigenvalue weighted by Gasteiger charge is -2.27. The Kier molecular flexibility index (Phi) is 14.5. The van der Waals surface area contributed by atoms with Crippen LogP contribution in [0.3, 0.4) is 0 Å². The number of nitrogens with zero attached hydrogens (tertiary/aromatic N) is 4. The van der Waals surface area contributed by atoms with E-state index in [9.17, 15) is 9.59 Å². The molecule has 0 aromatic heterocycles. The minimum atomic E-state index is -0.447. The van der Waals surface area contributed by atoms with Crippen LogP contribution in [-0.4, -0.2) is 130 Å². The van der Waals surface area contributed by atoms with Gasteiger partial charge in [0, 0.05) is 65.7 Å². The van der Waals surface area contributed by atoms with Gasteiger partial charge in [-0.1, -0.05) is 12.1 Å². The molecule has 244 valence electrons. The SMILES string of the molecule is COC(=O)N1CCOCCOCCOCCOCCN(C(=O)OC)Cc2cc(N(C)C)ccc2-c2ccc(N(C)C)cc2C1. The predicted octanol–water partition coefficient (Wildman–Crippen LogP) is 3.70. The molecule has 44 heavy (non-hydrogen) atoms. The van der Waals surface area contributed by atoms with Crippen molar-refractivity contribution < 1.29 is 38.0 Å². The normalized spacial score (nSPS) is 16.4. The van der Waals surface area contributed by atoms with E-state index in [2.05, 4.69) is 24.3 Å². The lowest BCUT2D eigenvalue weighted by molar-refractivity contribution is -0.00582. The molecular formula is C32H48N4O8. The molecule has 2 aromatic rings. The monoisotopic (exact) mass is 616 g/mol. The Balaban J connectivity index is 2.07. The maximum Gasteiger partial charge on any atom is 0.409 e. The summed E-state index contributed by atoms with van der Waals surface area (Å²) in [7, 11) is 10.7. The Bertz CT molecular complexity index is 1100. The number of rotatable bonds is 2. The zero-order valence-electron chi connectivity index (χ0n) is 27.0. The molecule has 0 saturated heterocycles. The van der Waals surface area contributed by atoms with E-state index in [-0.39, 0.29) is 0 Å². The van der Waals surface area contributed by atoms with Gasteiger partial charge in [-0.25, -0.2) is 9.59 Å². The molecule has 0 radical (unpaired) electrons. The molecule has 1 aliphatic heterocycles. The third-order valence-electron chi connectivity index (χ3n) is 7.22. The number of fused-ring (bicyclic) bond motifs is 3. The van der Waals surface area contributed by atoms with Gasteiger partial charge < -0.3 is 48.0 Å². The predicted molar refractivity (Wildman–Crippen MR) is 169 cm³/mol. The Morgan fingerprint density at radius 2 is 0.932 bits per heavy atom. The van der Waals surface area contributed by atoms with E-state index in [4.69, 9.17) is 28.4 Å². The molecule has 12 nitrogen and oxygen atoms in total. The number of anilines is 2. The van der Waals surface area contributed by atoms with Crippen molar-refractivity contribution >= 4 is 23.6 Å². The van der Waals surface area contributed by atoms with Crippen LogP contribution in [0, 0.1) is 0 Å². The molecule has 0 fully saturated rings. The number of ether oxygens (including phenoxy) is 6. The summed E-state index contributed by atoms with van der Waals surface area (Å²) < 4.78 is 32.9. The quantitative estimate of drug-likeness (QED) is 0.496. The van der Waals surface area contributed by atoms with Gasteiger partial charge in [-0.3, -0.25) is 0 Å². The second kappa shape index (κ2) is 18.3. The van der Waals surface area contributed by atoms with Crippen LogP contribution in [0.1, 0.15) is 11.1 Å². The van der Waals surface area contributed by atoms with E-state index in [1.807, 2.05) is 50.1 Å². The molecule has 12 heteroatoms. The molecule has 1 aliphatic rings. The van der Waals surface area contributed by atoms with E-state index < -0.39 is 12.2 Å². The third-order valence-corrected chi connectivity index (χ3v) is 7.22. The number of benzene rings is 2. The van der Waals surface area contributed by atoms with E-state index in [1.54, 1.807) is 9.80 Å². The van der Waals surface area contributed by atoms with Crippen molar-refractivity contribution in [3.05, 3.63) is 47.5 Å². The summed E-state index contributed by atoms with van der Waals surface area (Å²) in [5.41, 5.74) is 5.73. The van der Waals surface area contributed by atoms with E-state index in [0.29, 0.717) is 79.0 Å². The number of carbonyl (C=O) groups excluding carboxylic acids is 2. The average molecular weight is 617 g/mol. The highest BCUT2D eigenvalue weighted by atomic mass is 16.6. The van der Waals surface area contributed by atoms with Crippen LogP contribution in [0.15, 0.2) is 36.4 Å². The zero-order valence-corrected chi connectivity index (χ0v) is 27.0. The number of hydrogen-bond acceptors (Lipinski definition) is 10. The summed E-state index contributed by atoms with van der Waals surface area (Å²) in [6, 6.07) is 12.4. The highest BCUT2D eigenvalue weighted by Gasteiger charge is 2.22. The fraction of sp³-hybridized carbons (Fsp3) is 0.562. The van der Waals surface area contributed by atoms with Gasteiger partial charge in [0.2, 0.25) is 0 Å². The standard InChI is InChI=1S/C32H48N4O8/c1-33(2)27-7-9-29-25(21-27)23-35(31(37)39-5)11-13-41-15-17-43-19-20-44-18-16-42-14-12-36(32(38)40-6)24-26-22-28(34(3)4)8-10-30(26)29/h7-10,21-22H,11-20,23-24H2,1-6H3. The van der Waals surface area contributed by atoms with Gasteiger partial charge in [0.15, 0.2) is 0 Å². The molecule has 2 amide bonds. The van der Waals surface area contributed by atoms with Crippen LogP contribution in [0.5, 0.6) is 0 Å². The van der Waals surface area contributed by atoms with Gasteiger partial charge in [-0.2, -0.15) is 0 Å². The second-order valence-corrected chi connectivity index (χ2v) is 10.7. The Hall–Kier alpha value is -3.58. The fourth-order valence-corrected chi connectivity index (χ4v) is 4.75. The van der Waals surface area contributed by atoms with Gasteiger partial charge in [-0.05, 0) is 46.5 Å². The highest BCUT2D eigenvalue weighted by Crippen LogP contribution is 2.34. The number of hydrogen-bond donors (Lipinski definition) is 0. The van der Waals surface area contributed by atoms with Crippen molar-refractivity contribution in [2.24, 2.45) is 0 Å². The van der Waals surface area contributed by atoms with E-state index >= 15 is 0 Å². The van der Waals surface area contributed by atoms with Gasteiger partial charge in [0.05, 0.1) is 67.1 Å². The van der Waals surface area contributed by atoms with Gasteiger partial charge in [0.1, 0.15) is 0 Å². The van der Waals surface area contributed by atoms with Crippen molar-refractivity contribution in [2.75, 3.05) is 118 Å². The molecule has 3 rings (SSSR count). The summed E-state index contributed by atoms with van der Waals surface area (Å²) in [6.07, 6.45) is -0.893. The molecule has 0 bridgehead atoms. The molecule has 1 heterocycles. The van der Waals surface area contributed by atoms with E-state index in [1.165, 1.54) is 14.2 Å². The van der Waals surface area contributed by atoms with Crippen molar-refractivity contribution in [1.82, 2.24) is 9.80 Å². The van der Waals surface area contributed by atoms with Gasteiger partial charge in [-0.15, -0.1) is 0 Å². The molecule has 0 N–H and O–H groups in total. The van der Waals surface area contributed by atoms with Gasteiger partial charge >= 0.3 is 12.2 Å². The average Bonchev–Trinajstić information content (AvgIpc) is 3.02. The summed E-state index contributed by atoms with van der Waals surface area (Å²) in [5.74, 6) is 0. The highest BCUT2D eigenvalue weighted by molar-refractivity contribution is 5.77. The first-order valence-corrected chi connectivity index (χ1v) is 14.8. The van der Waals surface area contributed by atoms with Crippen LogP contribution in [0.4, 0.5) is 21.0 Å². The van der Waals surface area contributed by atoms with Crippen LogP contribution < -0.4 is 9.80 Å². The third kappa shape index (κ3) is 10.5. The van der Waals surface area contributed by atoms with Crippen LogP contribution in [-0.2, 0) is 41.5 Å². The Morgan fingerprint density at radius 1 is 0.591 bits per heavy atom. The van der Waals surface area contributed by atoms with Crippen molar-refractivity contribution in [1.29, 1.82) is 0 Å². The topological polar surface area (TPSA) is 102 Å². The molecule has 0 aliphatic carbocycles. The smallest absolute Gasteiger partial charge is 0.409 e. The molecular weight excluding hydrogens is 568 g/mol. The molecule has 0 saturated carbocycles. The second-order valence-electron chi connectivity index (χ2n) is 10.7. The van der Waals surface area contributed by atoms with Crippen LogP contribution >= 0.6 is 0 Å². The fourth-order valence-electron chi connectivity index (χ4n) is 4.75. The first-order chi connectivity index (χ1) is 21.2. The Morgan fingerprint density at radius 3 is 1.25 bits per heavy atom. The maximum atomic E-state index is 12.9. The van der Waals surface area contributed by atoms with E-state index in [0.717, 1.165) is 33.6 Å². The summed E-state index contributed by atoms with van der Waals surface area (Å²) in [5, 5.41) is 0. The maximum absolute atomic E-state index is 12.9. The minimum Gasteiger partial charge on any atom is -0.453 e. The summed E-state index contributed by atoms with van der Waals surface area (Å²) >= 11 is 0. The van der Waals surface area contributed by atoms with Gasteiger partial charge in [0.25, 0.3) is 0 Å². The van der Waals surface area contributed by atoms with Crippen molar-refractivity contribution in [2.45, 2.75) is 13.1 Å². The van der Waals surface area contributed by atoms with Crippen LogP contribution in [0.25, 0.3) is 11.1 Å². The van der Waals surface area contributed by atoms with Crippen molar-refractivity contribution in [3.8, 4) is 11.1 Å². The molecule has 2 aromatic carbocycles. The minimum absolute atomic E-state index is 0.296. The molecule has 0 unspecified atom stereocenters. The lowest BCUT2D eigenvalue weighted by atomic mass is 9.93. The molecule has 0 spiro atoms. The first kappa shape index (κ1) is 34.9. The largest absolute Gasteiger partial charge is 0.453 e. The first-order valence-electron chi connectivity index (χ1n) is 14.8. The zero-order chi connectivity index (χ0) is 31.9. The number of amides is 2.